The minimum atomic E-state index is -3.55. The van der Waals surface area contributed by atoms with Gasteiger partial charge < -0.3 is 4.74 Å². The van der Waals surface area contributed by atoms with Crippen LogP contribution in [0.1, 0.15) is 22.8 Å². The lowest BCUT2D eigenvalue weighted by Crippen LogP contribution is -2.38. The molecule has 3 rings (SSSR count). The highest BCUT2D eigenvalue weighted by Gasteiger charge is 2.29. The van der Waals surface area contributed by atoms with Gasteiger partial charge in [0.2, 0.25) is 10.0 Å². The van der Waals surface area contributed by atoms with Crippen molar-refractivity contribution in [1.29, 1.82) is 0 Å². The van der Waals surface area contributed by atoms with Gasteiger partial charge in [0.1, 0.15) is 12.4 Å². The van der Waals surface area contributed by atoms with E-state index in [0.717, 1.165) is 5.56 Å². The Bertz CT molecular complexity index is 831. The molecule has 2 aromatic rings. The Morgan fingerprint density at radius 3 is 2.61 bits per heavy atom. The van der Waals surface area contributed by atoms with E-state index in [0.29, 0.717) is 23.6 Å². The smallest absolute Gasteiger partial charge is 0.239 e. The Balaban J connectivity index is 1.98. The molecule has 0 unspecified atom stereocenters. The van der Waals surface area contributed by atoms with Crippen LogP contribution in [0.4, 0.5) is 5.69 Å². The molecule has 23 heavy (non-hydrogen) atoms. The minimum Gasteiger partial charge on any atom is -0.489 e. The summed E-state index contributed by atoms with van der Waals surface area (Å²) in [4.78, 5) is 11.6. The second-order valence-corrected chi connectivity index (χ2v) is 7.29. The maximum absolute atomic E-state index is 12.8. The first-order valence-corrected chi connectivity index (χ1v) is 8.90. The number of nitrogens with zero attached hydrogens (tertiary/aromatic N) is 1. The molecular weight excluding hydrogens is 314 g/mol. The van der Waals surface area contributed by atoms with Crippen LogP contribution < -0.4 is 9.04 Å². The van der Waals surface area contributed by atoms with Gasteiger partial charge in [0.05, 0.1) is 18.0 Å². The molecule has 2 aromatic carbocycles. The fraction of sp³-hybridized carbons (Fsp3) is 0.235. The molecule has 0 N–H and O–H groups in total. The number of sulfonamides is 1. The third kappa shape index (κ3) is 3.22. The molecule has 0 aromatic heterocycles. The van der Waals surface area contributed by atoms with E-state index in [1.54, 1.807) is 30.3 Å². The first-order valence-electron chi connectivity index (χ1n) is 7.29. The second-order valence-electron chi connectivity index (χ2n) is 5.40. The van der Waals surface area contributed by atoms with E-state index >= 15 is 0 Å². The van der Waals surface area contributed by atoms with Crippen LogP contribution in [-0.2, 0) is 15.8 Å². The van der Waals surface area contributed by atoms with Crippen LogP contribution in [0, 0.1) is 0 Å². The van der Waals surface area contributed by atoms with Crippen LogP contribution in [0.2, 0.25) is 0 Å². The Labute approximate surface area is 135 Å². The van der Waals surface area contributed by atoms with Gasteiger partial charge in [0.25, 0.3) is 0 Å². The average molecular weight is 331 g/mol. The zero-order chi connectivity index (χ0) is 16.4. The van der Waals surface area contributed by atoms with Crippen molar-refractivity contribution in [2.24, 2.45) is 0 Å². The maximum Gasteiger partial charge on any atom is 0.239 e. The molecule has 0 atom stereocenters. The summed E-state index contributed by atoms with van der Waals surface area (Å²) in [5, 5.41) is 0. The summed E-state index contributed by atoms with van der Waals surface area (Å²) in [7, 11) is -3.55. The molecule has 0 spiro atoms. The number of ether oxygens (including phenoxy) is 1. The highest BCUT2D eigenvalue weighted by atomic mass is 32.2. The van der Waals surface area contributed by atoms with Crippen LogP contribution in [0.25, 0.3) is 0 Å². The second kappa shape index (κ2) is 6.04. The normalized spacial score (nSPS) is 14.0. The van der Waals surface area contributed by atoms with Gasteiger partial charge in [-0.05, 0) is 30.7 Å². The number of hydrogen-bond acceptors (Lipinski definition) is 4. The number of rotatable bonds is 4. The van der Waals surface area contributed by atoms with E-state index < -0.39 is 10.0 Å². The van der Waals surface area contributed by atoms with Crippen molar-refractivity contribution >= 4 is 21.5 Å². The van der Waals surface area contributed by atoms with Crippen molar-refractivity contribution in [2.45, 2.75) is 12.7 Å². The monoisotopic (exact) mass is 331 g/mol. The zero-order valence-electron chi connectivity index (χ0n) is 12.7. The maximum atomic E-state index is 12.8. The lowest BCUT2D eigenvalue weighted by Gasteiger charge is -2.30. The Hall–Kier alpha value is -2.34. The molecule has 6 heteroatoms. The van der Waals surface area contributed by atoms with Crippen LogP contribution in [0.3, 0.4) is 0 Å². The molecule has 1 aliphatic heterocycles. The molecule has 0 fully saturated rings. The average Bonchev–Trinajstić information content (AvgIpc) is 2.54. The number of anilines is 1. The van der Waals surface area contributed by atoms with Crippen LogP contribution in [0.15, 0.2) is 48.5 Å². The van der Waals surface area contributed by atoms with Gasteiger partial charge in [-0.3, -0.25) is 9.10 Å². The molecule has 0 saturated heterocycles. The zero-order valence-corrected chi connectivity index (χ0v) is 13.5. The fourth-order valence-electron chi connectivity index (χ4n) is 2.56. The Morgan fingerprint density at radius 1 is 1.17 bits per heavy atom. The predicted molar refractivity (Wildman–Crippen MR) is 88.4 cm³/mol. The molecule has 1 aliphatic rings. The van der Waals surface area contributed by atoms with Gasteiger partial charge in [-0.15, -0.1) is 0 Å². The lowest BCUT2D eigenvalue weighted by atomic mass is 10.1. The third-order valence-electron chi connectivity index (χ3n) is 3.71. The number of Topliss-reactive ketones (excluding diaryl/α,β-unsaturated/α-hetero) is 1. The number of benzene rings is 2. The van der Waals surface area contributed by atoms with Crippen molar-refractivity contribution < 1.29 is 17.9 Å². The summed E-state index contributed by atoms with van der Waals surface area (Å²) >= 11 is 0. The van der Waals surface area contributed by atoms with Crippen LogP contribution in [-0.4, -0.2) is 27.4 Å². The van der Waals surface area contributed by atoms with Gasteiger partial charge in [-0.25, -0.2) is 8.42 Å². The SMILES string of the molecule is CC(=O)c1ccc2c(c1)N(S(=O)(=O)Cc1ccccc1)CCO2. The standard InChI is InChI=1S/C17H17NO4S/c1-13(19)15-7-8-17-16(11-15)18(9-10-22-17)23(20,21)12-14-5-3-2-4-6-14/h2-8,11H,9-10,12H2,1H3. The molecule has 0 amide bonds. The molecule has 0 radical (unpaired) electrons. The number of ketones is 1. The predicted octanol–water partition coefficient (Wildman–Crippen LogP) is 2.62. The van der Waals surface area contributed by atoms with Gasteiger partial charge >= 0.3 is 0 Å². The van der Waals surface area contributed by atoms with Crippen molar-refractivity contribution in [3.8, 4) is 5.75 Å². The van der Waals surface area contributed by atoms with E-state index in [1.165, 1.54) is 11.2 Å². The number of hydrogen-bond donors (Lipinski definition) is 0. The van der Waals surface area contributed by atoms with Crippen molar-refractivity contribution in [1.82, 2.24) is 0 Å². The molecule has 0 aliphatic carbocycles. The van der Waals surface area contributed by atoms with Gasteiger partial charge in [-0.2, -0.15) is 0 Å². The fourth-order valence-corrected chi connectivity index (χ4v) is 4.13. The quantitative estimate of drug-likeness (QED) is 0.808. The van der Waals surface area contributed by atoms with Crippen LogP contribution in [0.5, 0.6) is 5.75 Å². The van der Waals surface area contributed by atoms with Gasteiger partial charge in [0.15, 0.2) is 5.78 Å². The minimum absolute atomic E-state index is 0.0857. The molecular formula is C17H17NO4S. The Morgan fingerprint density at radius 2 is 1.91 bits per heavy atom. The molecule has 1 heterocycles. The third-order valence-corrected chi connectivity index (χ3v) is 5.46. The van der Waals surface area contributed by atoms with Gasteiger partial charge in [-0.1, -0.05) is 30.3 Å². The van der Waals surface area contributed by atoms with Gasteiger partial charge in [0, 0.05) is 5.56 Å². The summed E-state index contributed by atoms with van der Waals surface area (Å²) in [5.74, 6) is 0.286. The van der Waals surface area contributed by atoms with E-state index in [9.17, 15) is 13.2 Å². The lowest BCUT2D eigenvalue weighted by molar-refractivity contribution is 0.101. The highest BCUT2D eigenvalue weighted by molar-refractivity contribution is 7.92. The van der Waals surface area contributed by atoms with Crippen molar-refractivity contribution in [2.75, 3.05) is 17.5 Å². The van der Waals surface area contributed by atoms with Crippen molar-refractivity contribution in [3.63, 3.8) is 0 Å². The molecule has 0 bridgehead atoms. The number of carbonyl (C=O) groups excluding carboxylic acids is 1. The van der Waals surface area contributed by atoms with Crippen molar-refractivity contribution in [3.05, 3.63) is 59.7 Å². The summed E-state index contributed by atoms with van der Waals surface area (Å²) in [6.45, 7) is 1.98. The number of carbonyl (C=O) groups is 1. The molecule has 5 nitrogen and oxygen atoms in total. The largest absolute Gasteiger partial charge is 0.489 e. The topological polar surface area (TPSA) is 63.7 Å². The summed E-state index contributed by atoms with van der Waals surface area (Å²) in [6.07, 6.45) is 0. The van der Waals surface area contributed by atoms with Crippen LogP contribution >= 0.6 is 0 Å². The first-order chi connectivity index (χ1) is 11.0. The summed E-state index contributed by atoms with van der Waals surface area (Å²) in [6, 6.07) is 13.9. The number of fused-ring (bicyclic) bond motifs is 1. The summed E-state index contributed by atoms with van der Waals surface area (Å²) < 4.78 is 32.4. The summed E-state index contributed by atoms with van der Waals surface area (Å²) in [5.41, 5.74) is 1.62. The van der Waals surface area contributed by atoms with E-state index in [-0.39, 0.29) is 18.1 Å². The first kappa shape index (κ1) is 15.6. The Kier molecular flexibility index (Phi) is 4.09. The molecule has 120 valence electrons. The van der Waals surface area contributed by atoms with E-state index in [1.807, 2.05) is 18.2 Å². The molecule has 0 saturated carbocycles. The van der Waals surface area contributed by atoms with E-state index in [2.05, 4.69) is 0 Å². The van der Waals surface area contributed by atoms with E-state index in [4.69, 9.17) is 4.74 Å². The highest BCUT2D eigenvalue weighted by Crippen LogP contribution is 2.35.